The number of hydrogen-bond acceptors (Lipinski definition) is 3. The van der Waals surface area contributed by atoms with Crippen LogP contribution in [0.3, 0.4) is 0 Å². The van der Waals surface area contributed by atoms with Crippen LogP contribution in [0.4, 0.5) is 0 Å². The van der Waals surface area contributed by atoms with E-state index in [1.54, 1.807) is 0 Å². The minimum Gasteiger partial charge on any atom is -0.388 e. The summed E-state index contributed by atoms with van der Waals surface area (Å²) in [5.74, 6) is 0. The third kappa shape index (κ3) is 1.95. The van der Waals surface area contributed by atoms with Gasteiger partial charge >= 0.3 is 0 Å². The van der Waals surface area contributed by atoms with E-state index in [1.165, 1.54) is 0 Å². The Morgan fingerprint density at radius 2 is 1.36 bits per heavy atom. The fraction of sp³-hybridized carbons (Fsp3) is 1.00. The molecular formula is C6H10Br2O3. The van der Waals surface area contributed by atoms with Crippen molar-refractivity contribution in [3.63, 3.8) is 0 Å². The molecule has 0 spiro atoms. The van der Waals surface area contributed by atoms with Gasteiger partial charge in [0.25, 0.3) is 0 Å². The Morgan fingerprint density at radius 1 is 1.00 bits per heavy atom. The Morgan fingerprint density at radius 3 is 1.55 bits per heavy atom. The summed E-state index contributed by atoms with van der Waals surface area (Å²) >= 11 is 6.38. The molecule has 1 rings (SSSR count). The predicted octanol–water partition coefficient (Wildman–Crippen LogP) is 0.265. The maximum Gasteiger partial charge on any atom is 0.109 e. The molecule has 1 heterocycles. The maximum absolute atomic E-state index is 9.33. The van der Waals surface area contributed by atoms with Crippen molar-refractivity contribution < 1.29 is 14.9 Å². The lowest BCUT2D eigenvalue weighted by Crippen LogP contribution is -2.33. The highest BCUT2D eigenvalue weighted by Crippen LogP contribution is 2.23. The fourth-order valence-corrected chi connectivity index (χ4v) is 2.15. The summed E-state index contributed by atoms with van der Waals surface area (Å²) in [7, 11) is 0. The van der Waals surface area contributed by atoms with Crippen molar-refractivity contribution >= 4 is 31.9 Å². The Labute approximate surface area is 82.0 Å². The second kappa shape index (κ2) is 4.18. The van der Waals surface area contributed by atoms with Gasteiger partial charge in [-0.05, 0) is 0 Å². The van der Waals surface area contributed by atoms with Crippen LogP contribution in [0, 0.1) is 0 Å². The van der Waals surface area contributed by atoms with E-state index in [-0.39, 0.29) is 12.2 Å². The molecule has 0 amide bonds. The highest BCUT2D eigenvalue weighted by Gasteiger charge is 2.41. The van der Waals surface area contributed by atoms with Gasteiger partial charge < -0.3 is 14.9 Å². The Bertz CT molecular complexity index is 115. The number of alkyl halides is 2. The van der Waals surface area contributed by atoms with Crippen molar-refractivity contribution in [1.29, 1.82) is 0 Å². The Hall–Kier alpha value is 0.840. The van der Waals surface area contributed by atoms with Crippen molar-refractivity contribution in [2.45, 2.75) is 24.4 Å². The van der Waals surface area contributed by atoms with E-state index in [0.29, 0.717) is 10.7 Å². The molecule has 0 aliphatic carbocycles. The molecule has 5 heteroatoms. The molecule has 1 fully saturated rings. The Kier molecular flexibility index (Phi) is 3.77. The third-order valence-electron chi connectivity index (χ3n) is 1.77. The van der Waals surface area contributed by atoms with E-state index >= 15 is 0 Å². The summed E-state index contributed by atoms with van der Waals surface area (Å²) in [6.07, 6.45) is -2.10. The number of hydrogen-bond donors (Lipinski definition) is 2. The molecule has 0 aromatic rings. The van der Waals surface area contributed by atoms with Crippen molar-refractivity contribution in [1.82, 2.24) is 0 Å². The summed E-state index contributed by atoms with van der Waals surface area (Å²) in [5, 5.41) is 19.8. The minimum atomic E-state index is -0.767. The molecule has 1 saturated heterocycles. The van der Waals surface area contributed by atoms with E-state index in [4.69, 9.17) is 4.74 Å². The van der Waals surface area contributed by atoms with Crippen LogP contribution in [0.2, 0.25) is 0 Å². The second-order valence-corrected chi connectivity index (χ2v) is 3.80. The molecule has 11 heavy (non-hydrogen) atoms. The zero-order chi connectivity index (χ0) is 8.43. The average Bonchev–Trinajstić information content (AvgIpc) is 2.30. The first kappa shape index (κ1) is 9.92. The normalized spacial score (nSPS) is 44.7. The lowest BCUT2D eigenvalue weighted by molar-refractivity contribution is 0.0341. The lowest BCUT2D eigenvalue weighted by atomic mass is 10.1. The SMILES string of the molecule is O[C@H]1[C@H](O)C(CBr)O[C@@H]1CBr. The molecule has 0 aromatic carbocycles. The van der Waals surface area contributed by atoms with Crippen molar-refractivity contribution in [3.8, 4) is 0 Å². The quantitative estimate of drug-likeness (QED) is 0.718. The molecule has 1 aliphatic rings. The lowest BCUT2D eigenvalue weighted by Gasteiger charge is -2.10. The summed E-state index contributed by atoms with van der Waals surface area (Å²) in [5.41, 5.74) is 0. The van der Waals surface area contributed by atoms with E-state index in [2.05, 4.69) is 31.9 Å². The molecule has 4 atom stereocenters. The van der Waals surface area contributed by atoms with Gasteiger partial charge in [-0.3, -0.25) is 0 Å². The van der Waals surface area contributed by atoms with Crippen LogP contribution in [-0.2, 0) is 4.74 Å². The van der Waals surface area contributed by atoms with Crippen LogP contribution in [0.25, 0.3) is 0 Å². The molecule has 1 unspecified atom stereocenters. The van der Waals surface area contributed by atoms with Crippen LogP contribution in [0.1, 0.15) is 0 Å². The number of halogens is 2. The molecular weight excluding hydrogens is 280 g/mol. The van der Waals surface area contributed by atoms with Gasteiger partial charge in [-0.25, -0.2) is 0 Å². The summed E-state index contributed by atoms with van der Waals surface area (Å²) in [6, 6.07) is 0. The number of aliphatic hydroxyl groups excluding tert-OH is 2. The van der Waals surface area contributed by atoms with E-state index in [0.717, 1.165) is 0 Å². The zero-order valence-corrected chi connectivity index (χ0v) is 8.95. The van der Waals surface area contributed by atoms with Gasteiger partial charge in [-0.1, -0.05) is 31.9 Å². The largest absolute Gasteiger partial charge is 0.388 e. The van der Waals surface area contributed by atoms with Gasteiger partial charge in [0.15, 0.2) is 0 Å². The van der Waals surface area contributed by atoms with Crippen LogP contribution < -0.4 is 0 Å². The molecule has 0 radical (unpaired) electrons. The number of rotatable bonds is 2. The van der Waals surface area contributed by atoms with Gasteiger partial charge in [0, 0.05) is 10.7 Å². The standard InChI is InChI=1S/C6H10Br2O3/c7-1-3-5(9)6(10)4(2-8)11-3/h3-6,9-10H,1-2H2/t3-,4?,5-,6-/m1/s1. The zero-order valence-electron chi connectivity index (χ0n) is 5.78. The Balaban J connectivity index is 2.53. The molecule has 1 aliphatic heterocycles. The maximum atomic E-state index is 9.33. The smallest absolute Gasteiger partial charge is 0.109 e. The fourth-order valence-electron chi connectivity index (χ4n) is 1.08. The topological polar surface area (TPSA) is 49.7 Å². The van der Waals surface area contributed by atoms with Crippen molar-refractivity contribution in [2.75, 3.05) is 10.7 Å². The highest BCUT2D eigenvalue weighted by atomic mass is 79.9. The summed E-state index contributed by atoms with van der Waals surface area (Å²) in [4.78, 5) is 0. The first-order valence-corrected chi connectivity index (χ1v) is 5.58. The van der Waals surface area contributed by atoms with Crippen molar-refractivity contribution in [3.05, 3.63) is 0 Å². The number of aliphatic hydroxyl groups is 2. The van der Waals surface area contributed by atoms with Crippen LogP contribution in [-0.4, -0.2) is 45.3 Å². The van der Waals surface area contributed by atoms with Crippen LogP contribution in [0.15, 0.2) is 0 Å². The molecule has 0 aromatic heterocycles. The number of ether oxygens (including phenoxy) is 1. The second-order valence-electron chi connectivity index (χ2n) is 2.50. The monoisotopic (exact) mass is 288 g/mol. The molecule has 66 valence electrons. The van der Waals surface area contributed by atoms with Gasteiger partial charge in [-0.2, -0.15) is 0 Å². The van der Waals surface area contributed by atoms with Gasteiger partial charge in [-0.15, -0.1) is 0 Å². The van der Waals surface area contributed by atoms with E-state index in [1.807, 2.05) is 0 Å². The predicted molar refractivity (Wildman–Crippen MR) is 48.3 cm³/mol. The summed E-state index contributed by atoms with van der Waals surface area (Å²) in [6.45, 7) is 0. The van der Waals surface area contributed by atoms with Crippen molar-refractivity contribution in [2.24, 2.45) is 0 Å². The third-order valence-corrected chi connectivity index (χ3v) is 3.04. The van der Waals surface area contributed by atoms with Crippen LogP contribution >= 0.6 is 31.9 Å². The first-order chi connectivity index (χ1) is 5.20. The molecule has 0 saturated carbocycles. The van der Waals surface area contributed by atoms with Gasteiger partial charge in [0.05, 0.1) is 12.2 Å². The molecule has 0 bridgehead atoms. The first-order valence-electron chi connectivity index (χ1n) is 3.34. The van der Waals surface area contributed by atoms with E-state index < -0.39 is 12.2 Å². The molecule has 2 N–H and O–H groups in total. The summed E-state index contributed by atoms with van der Waals surface area (Å²) < 4.78 is 5.29. The van der Waals surface area contributed by atoms with E-state index in [9.17, 15) is 10.2 Å². The molecule has 3 nitrogen and oxygen atoms in total. The highest BCUT2D eigenvalue weighted by molar-refractivity contribution is 9.09. The van der Waals surface area contributed by atoms with Gasteiger partial charge in [0.2, 0.25) is 0 Å². The van der Waals surface area contributed by atoms with Gasteiger partial charge in [0.1, 0.15) is 12.2 Å². The minimum absolute atomic E-state index is 0.285. The van der Waals surface area contributed by atoms with Crippen LogP contribution in [0.5, 0.6) is 0 Å². The average molecular weight is 290 g/mol.